The summed E-state index contributed by atoms with van der Waals surface area (Å²) in [5.41, 5.74) is 10.6. The molecule has 0 fully saturated rings. The van der Waals surface area contributed by atoms with Crippen LogP contribution in [0.25, 0.3) is 18.4 Å². The van der Waals surface area contributed by atoms with E-state index in [1.54, 1.807) is 6.08 Å². The number of carbonyl (C=O) groups is 2. The van der Waals surface area contributed by atoms with E-state index in [2.05, 4.69) is 40.3 Å². The minimum Gasteiger partial charge on any atom is -0.664 e. The number of aromatic nitrogens is 4. The molecule has 0 radical (unpaired) electrons. The maximum atomic E-state index is 11.8. The summed E-state index contributed by atoms with van der Waals surface area (Å²) in [6.45, 7) is 19.2. The van der Waals surface area contributed by atoms with Gasteiger partial charge in [0, 0.05) is 12.8 Å². The van der Waals surface area contributed by atoms with Crippen molar-refractivity contribution >= 4 is 30.4 Å². The van der Waals surface area contributed by atoms with Crippen LogP contribution in [0.2, 0.25) is 0 Å². The number of aliphatic carboxylic acids is 2. The van der Waals surface area contributed by atoms with E-state index >= 15 is 0 Å². The van der Waals surface area contributed by atoms with Crippen LogP contribution in [0.1, 0.15) is 170 Å². The molecule has 0 aromatic carbocycles. The van der Waals surface area contributed by atoms with Crippen LogP contribution in [0.15, 0.2) is 18.7 Å². The number of aliphatic hydroxyl groups is 2. The third kappa shape index (κ3) is 11.9. The third-order valence-electron chi connectivity index (χ3n) is 12.3. The number of aliphatic hydroxyl groups excluding tert-OH is 2. The zero-order valence-electron chi connectivity index (χ0n) is 36.6. The van der Waals surface area contributed by atoms with Crippen molar-refractivity contribution in [2.24, 2.45) is 17.8 Å². The molecule has 0 unspecified atom stereocenters. The number of carboxylic acids is 2. The van der Waals surface area contributed by atoms with E-state index in [4.69, 9.17) is 19.9 Å². The Labute approximate surface area is 366 Å². The molecule has 4 aromatic rings. The Morgan fingerprint density at radius 1 is 0.733 bits per heavy atom. The molecule has 0 saturated carbocycles. The number of hydrogen-bond donors (Lipinski definition) is 4. The minimum atomic E-state index is -0.979. The van der Waals surface area contributed by atoms with Crippen LogP contribution in [0.4, 0.5) is 0 Å². The SMILES string of the molecule is C=Cc1c2[n-]c(c1C)Cc1[n-]c(c(C)c1[C@@H](O)/C=C/C[C@@H](C)CCC[C@H](C)CCCC(C)C)/C=c1\[n-]c(c(CCC(=O)O)\c1=C\O)Cc1[n-]c(c(C)c1CCC(=O)O)C2.[Fe+4]. The van der Waals surface area contributed by atoms with Crippen LogP contribution in [0, 0.1) is 38.5 Å². The molecule has 4 aromatic heterocycles. The summed E-state index contributed by atoms with van der Waals surface area (Å²) in [7, 11) is 0. The Bertz CT molecular complexity index is 2270. The zero-order valence-corrected chi connectivity index (χ0v) is 37.7. The fourth-order valence-corrected chi connectivity index (χ4v) is 8.74. The molecule has 5 rings (SSSR count). The van der Waals surface area contributed by atoms with E-state index in [1.807, 2.05) is 32.9 Å². The molecule has 0 saturated heterocycles. The maximum absolute atomic E-state index is 11.8. The molecule has 0 aliphatic carbocycles. The molecule has 10 nitrogen and oxygen atoms in total. The summed E-state index contributed by atoms with van der Waals surface area (Å²) >= 11 is 0. The van der Waals surface area contributed by atoms with E-state index < -0.39 is 18.0 Å². The van der Waals surface area contributed by atoms with E-state index in [-0.39, 0.29) is 49.2 Å². The summed E-state index contributed by atoms with van der Waals surface area (Å²) in [4.78, 5) is 43.8. The molecule has 4 N–H and O–H groups in total. The number of rotatable bonds is 19. The molecule has 11 heteroatoms. The third-order valence-corrected chi connectivity index (χ3v) is 12.3. The van der Waals surface area contributed by atoms with Gasteiger partial charge in [-0.1, -0.05) is 125 Å². The molecule has 5 heterocycles. The van der Waals surface area contributed by atoms with Crippen LogP contribution in [-0.2, 0) is 58.8 Å². The molecule has 1 aliphatic heterocycles. The van der Waals surface area contributed by atoms with Gasteiger partial charge in [-0.3, -0.25) is 9.59 Å². The molecule has 60 heavy (non-hydrogen) atoms. The van der Waals surface area contributed by atoms with Gasteiger partial charge in [-0.15, -0.1) is 16.7 Å². The van der Waals surface area contributed by atoms with E-state index in [0.717, 1.165) is 75.8 Å². The first-order chi connectivity index (χ1) is 28.1. The molecule has 1 aliphatic rings. The van der Waals surface area contributed by atoms with Gasteiger partial charge < -0.3 is 40.4 Å². The molecule has 324 valence electrons. The van der Waals surface area contributed by atoms with Crippen LogP contribution < -0.4 is 30.5 Å². The van der Waals surface area contributed by atoms with Gasteiger partial charge in [0.05, 0.1) is 12.4 Å². The van der Waals surface area contributed by atoms with Gasteiger partial charge in [0.15, 0.2) is 0 Å². The minimum absolute atomic E-state index is 0. The quantitative estimate of drug-likeness (QED) is 0.0480. The fourth-order valence-electron chi connectivity index (χ4n) is 8.74. The average molecular weight is 861 g/mol. The topological polar surface area (TPSA) is 171 Å². The summed E-state index contributed by atoms with van der Waals surface area (Å²) in [5, 5.41) is 42.6. The van der Waals surface area contributed by atoms with Gasteiger partial charge in [0.25, 0.3) is 0 Å². The normalized spacial score (nSPS) is 15.2. The van der Waals surface area contributed by atoms with Crippen molar-refractivity contribution in [1.29, 1.82) is 0 Å². The summed E-state index contributed by atoms with van der Waals surface area (Å²) in [6.07, 6.45) is 17.1. The average Bonchev–Trinajstić information content (AvgIpc) is 3.85. The molecular weight excluding hydrogens is 796 g/mol. The van der Waals surface area contributed by atoms with Gasteiger partial charge >= 0.3 is 29.0 Å². The zero-order chi connectivity index (χ0) is 43.0. The van der Waals surface area contributed by atoms with Crippen LogP contribution in [-0.4, -0.2) is 32.4 Å². The first-order valence-electron chi connectivity index (χ1n) is 21.5. The van der Waals surface area contributed by atoms with Crippen molar-refractivity contribution in [3.8, 4) is 0 Å². The van der Waals surface area contributed by atoms with Crippen LogP contribution in [0.3, 0.4) is 0 Å². The van der Waals surface area contributed by atoms with Crippen molar-refractivity contribution in [3.05, 3.63) is 108 Å². The van der Waals surface area contributed by atoms with E-state index in [0.29, 0.717) is 63.2 Å². The number of allylic oxidation sites excluding steroid dienone is 1. The van der Waals surface area contributed by atoms with Crippen LogP contribution >= 0.6 is 0 Å². The van der Waals surface area contributed by atoms with Crippen molar-refractivity contribution in [3.63, 3.8) is 0 Å². The van der Waals surface area contributed by atoms with E-state index in [1.165, 1.54) is 32.1 Å². The Morgan fingerprint density at radius 3 is 1.93 bits per heavy atom. The second-order valence-corrected chi connectivity index (χ2v) is 17.3. The van der Waals surface area contributed by atoms with Gasteiger partial charge in [0.2, 0.25) is 0 Å². The summed E-state index contributed by atoms with van der Waals surface area (Å²) in [6, 6.07) is 0. The van der Waals surface area contributed by atoms with Crippen LogP contribution in [0.5, 0.6) is 0 Å². The van der Waals surface area contributed by atoms with Gasteiger partial charge in [-0.2, -0.15) is 28.5 Å². The Morgan fingerprint density at radius 2 is 1.30 bits per heavy atom. The van der Waals surface area contributed by atoms with Crippen molar-refractivity contribution in [2.75, 3.05) is 0 Å². The predicted octanol–water partition coefficient (Wildman–Crippen LogP) is 7.57. The molecule has 0 amide bonds. The monoisotopic (exact) mass is 860 g/mol. The number of hydrogen-bond acceptors (Lipinski definition) is 4. The second kappa shape index (κ2) is 21.9. The molecular formula is C49H64FeN4O6. The van der Waals surface area contributed by atoms with Crippen molar-refractivity contribution < 1.29 is 47.1 Å². The van der Waals surface area contributed by atoms with Crippen molar-refractivity contribution in [1.82, 2.24) is 19.9 Å². The van der Waals surface area contributed by atoms with Gasteiger partial charge in [-0.25, -0.2) is 0 Å². The Hall–Kier alpha value is -4.44. The molecule has 0 spiro atoms. The maximum Gasteiger partial charge on any atom is 4.00 e. The van der Waals surface area contributed by atoms with E-state index in [9.17, 15) is 30.0 Å². The summed E-state index contributed by atoms with van der Waals surface area (Å²) < 4.78 is 0. The Balaban J connectivity index is 0.00000794. The van der Waals surface area contributed by atoms with Gasteiger partial charge in [-0.05, 0) is 93.4 Å². The first-order valence-corrected chi connectivity index (χ1v) is 21.5. The number of nitrogens with zero attached hydrogens (tertiary/aromatic N) is 4. The fraction of sp³-hybridized carbons (Fsp3) is 0.510. The number of carboxylic acid groups (broad SMARTS) is 2. The van der Waals surface area contributed by atoms with Crippen molar-refractivity contribution in [2.45, 2.75) is 144 Å². The first kappa shape index (κ1) is 48.2. The molecule has 8 bridgehead atoms. The largest absolute Gasteiger partial charge is 4.00 e. The predicted molar refractivity (Wildman–Crippen MR) is 233 cm³/mol. The number of fused-ring (bicyclic) bond motifs is 8. The smallest absolute Gasteiger partial charge is 0.664 e. The second-order valence-electron chi connectivity index (χ2n) is 17.3. The molecule has 3 atom stereocenters. The summed E-state index contributed by atoms with van der Waals surface area (Å²) in [5.74, 6) is 0.0974. The van der Waals surface area contributed by atoms with Gasteiger partial charge in [0.1, 0.15) is 0 Å². The standard InChI is InChI=1S/C49H64N4O6.Fe/c1-9-34-31(6)39-25-45-49(46(55)18-12-17-30(5)16-11-15-29(4)14-10-13-28(2)3)33(8)40(52-45)24-44-37(27-54)36(20-22-48(58)59)43(53-44)26-42-35(19-21-47(56)57)32(7)38(51-42)23-41(34)50-39;/h9,12,18,24,27-30,46,54-55H,1,10-11,13-17,19-23,25-26H2,2-8H3,(H,56,57)(H,58,59);/q-4;+4/b18-12+,37-27-,44-24-;/t29-,30+,46+;/m1./s1. The Kier molecular flexibility index (Phi) is 17.6.